The number of ether oxygens (including phenoxy) is 2. The predicted molar refractivity (Wildman–Crippen MR) is 57.3 cm³/mol. The van der Waals surface area contributed by atoms with Crippen LogP contribution in [0.25, 0.3) is 0 Å². The number of aromatic carboxylic acids is 1. The molecule has 1 heterocycles. The lowest BCUT2D eigenvalue weighted by atomic mass is 9.97. The summed E-state index contributed by atoms with van der Waals surface area (Å²) in [5.74, 6) is -1.84. The Hall–Kier alpha value is -1.39. The van der Waals surface area contributed by atoms with E-state index < -0.39 is 11.8 Å². The average molecular weight is 222 g/mol. The molecule has 0 amide bonds. The van der Waals surface area contributed by atoms with Gasteiger partial charge >= 0.3 is 5.97 Å². The highest BCUT2D eigenvalue weighted by molar-refractivity contribution is 5.89. The van der Waals surface area contributed by atoms with Crippen LogP contribution in [0.3, 0.4) is 0 Å². The van der Waals surface area contributed by atoms with Crippen molar-refractivity contribution in [2.45, 2.75) is 19.1 Å². The number of carbonyl (C=O) groups is 1. The predicted octanol–water partition coefficient (Wildman–Crippen LogP) is 1.99. The highest BCUT2D eigenvalue weighted by Crippen LogP contribution is 2.36. The minimum absolute atomic E-state index is 0.242. The van der Waals surface area contributed by atoms with Crippen molar-refractivity contribution >= 4 is 5.97 Å². The Balaban J connectivity index is 2.49. The van der Waals surface area contributed by atoms with Crippen LogP contribution < -0.4 is 0 Å². The van der Waals surface area contributed by atoms with E-state index in [1.165, 1.54) is 0 Å². The summed E-state index contributed by atoms with van der Waals surface area (Å²) < 4.78 is 11.2. The lowest BCUT2D eigenvalue weighted by Crippen LogP contribution is -2.28. The van der Waals surface area contributed by atoms with E-state index in [0.717, 1.165) is 0 Å². The van der Waals surface area contributed by atoms with Crippen LogP contribution in [0.2, 0.25) is 0 Å². The number of hydrogen-bond acceptors (Lipinski definition) is 3. The fourth-order valence-corrected chi connectivity index (χ4v) is 2.01. The van der Waals surface area contributed by atoms with E-state index in [9.17, 15) is 4.79 Å². The van der Waals surface area contributed by atoms with E-state index in [1.807, 2.05) is 6.92 Å². The van der Waals surface area contributed by atoms with Crippen LogP contribution in [-0.2, 0) is 15.3 Å². The monoisotopic (exact) mass is 222 g/mol. The van der Waals surface area contributed by atoms with Crippen molar-refractivity contribution in [1.82, 2.24) is 0 Å². The third kappa shape index (κ3) is 1.70. The normalized spacial score (nSPS) is 18.6. The van der Waals surface area contributed by atoms with Crippen molar-refractivity contribution in [2.75, 3.05) is 13.2 Å². The van der Waals surface area contributed by atoms with Crippen molar-refractivity contribution in [3.63, 3.8) is 0 Å². The Bertz CT molecular complexity index is 394. The molecule has 0 aromatic heterocycles. The molecule has 1 N–H and O–H groups in total. The van der Waals surface area contributed by atoms with Crippen molar-refractivity contribution < 1.29 is 19.4 Å². The zero-order chi connectivity index (χ0) is 11.6. The molecule has 1 fully saturated rings. The summed E-state index contributed by atoms with van der Waals surface area (Å²) in [6.45, 7) is 2.92. The van der Waals surface area contributed by atoms with Crippen LogP contribution in [0.1, 0.15) is 29.3 Å². The highest BCUT2D eigenvalue weighted by Gasteiger charge is 2.39. The summed E-state index contributed by atoms with van der Waals surface area (Å²) in [5.41, 5.74) is 0.841. The molecule has 1 aromatic rings. The Kier molecular flexibility index (Phi) is 2.94. The molecule has 1 aliphatic heterocycles. The highest BCUT2D eigenvalue weighted by atomic mass is 16.7. The minimum atomic E-state index is -0.956. The van der Waals surface area contributed by atoms with Crippen molar-refractivity contribution in [3.05, 3.63) is 35.4 Å². The molecule has 0 atom stereocenters. The molecule has 0 radical (unpaired) electrons. The second-order valence-corrected chi connectivity index (χ2v) is 3.65. The Morgan fingerprint density at radius 2 is 2.00 bits per heavy atom. The lowest BCUT2D eigenvalue weighted by molar-refractivity contribution is -0.167. The number of carboxylic acids is 1. The summed E-state index contributed by atoms with van der Waals surface area (Å²) in [7, 11) is 0. The molecule has 2 rings (SSSR count). The van der Waals surface area contributed by atoms with Gasteiger partial charge in [-0.25, -0.2) is 4.79 Å². The maximum absolute atomic E-state index is 11.1. The summed E-state index contributed by atoms with van der Waals surface area (Å²) in [6, 6.07) is 6.81. The Morgan fingerprint density at radius 1 is 1.38 bits per heavy atom. The second kappa shape index (κ2) is 4.23. The summed E-state index contributed by atoms with van der Waals surface area (Å²) in [5, 5.41) is 9.12. The van der Waals surface area contributed by atoms with Gasteiger partial charge in [0.1, 0.15) is 0 Å². The van der Waals surface area contributed by atoms with Gasteiger partial charge in [0.15, 0.2) is 5.79 Å². The molecule has 0 aliphatic carbocycles. The molecule has 4 heteroatoms. The summed E-state index contributed by atoms with van der Waals surface area (Å²) >= 11 is 0. The minimum Gasteiger partial charge on any atom is -0.478 e. The summed E-state index contributed by atoms with van der Waals surface area (Å²) in [6.07, 6.45) is 0.595. The molecule has 1 aromatic carbocycles. The van der Waals surface area contributed by atoms with E-state index in [2.05, 4.69) is 0 Å². The standard InChI is InChI=1S/C12H14O4/c1-2-12(15-7-8-16-12)10-6-4-3-5-9(10)11(13)14/h3-6H,2,7-8H2,1H3,(H,13,14). The largest absolute Gasteiger partial charge is 0.478 e. The first-order valence-corrected chi connectivity index (χ1v) is 5.30. The first-order chi connectivity index (χ1) is 7.69. The third-order valence-corrected chi connectivity index (χ3v) is 2.79. The quantitative estimate of drug-likeness (QED) is 0.849. The molecule has 1 aliphatic rings. The second-order valence-electron chi connectivity index (χ2n) is 3.65. The molecule has 0 saturated carbocycles. The zero-order valence-corrected chi connectivity index (χ0v) is 9.10. The molecule has 1 saturated heterocycles. The Morgan fingerprint density at radius 3 is 2.56 bits per heavy atom. The van der Waals surface area contributed by atoms with Gasteiger partial charge in [-0.3, -0.25) is 0 Å². The van der Waals surface area contributed by atoms with Gasteiger partial charge < -0.3 is 14.6 Å². The molecule has 0 unspecified atom stereocenters. The van der Waals surface area contributed by atoms with Gasteiger partial charge in [0.05, 0.1) is 18.8 Å². The van der Waals surface area contributed by atoms with E-state index in [-0.39, 0.29) is 5.56 Å². The first-order valence-electron chi connectivity index (χ1n) is 5.30. The van der Waals surface area contributed by atoms with Crippen molar-refractivity contribution in [1.29, 1.82) is 0 Å². The van der Waals surface area contributed by atoms with Crippen molar-refractivity contribution in [3.8, 4) is 0 Å². The smallest absolute Gasteiger partial charge is 0.336 e. The van der Waals surface area contributed by atoms with E-state index >= 15 is 0 Å². The average Bonchev–Trinajstić information content (AvgIpc) is 2.78. The molecule has 4 nitrogen and oxygen atoms in total. The molecule has 16 heavy (non-hydrogen) atoms. The molecule has 86 valence electrons. The van der Waals surface area contributed by atoms with E-state index in [4.69, 9.17) is 14.6 Å². The SMILES string of the molecule is CCC1(c2ccccc2C(=O)O)OCCO1. The number of benzene rings is 1. The first kappa shape index (κ1) is 11.1. The third-order valence-electron chi connectivity index (χ3n) is 2.79. The fourth-order valence-electron chi connectivity index (χ4n) is 2.01. The maximum Gasteiger partial charge on any atom is 0.336 e. The van der Waals surface area contributed by atoms with Crippen LogP contribution in [-0.4, -0.2) is 24.3 Å². The van der Waals surface area contributed by atoms with Gasteiger partial charge in [-0.05, 0) is 6.07 Å². The number of carboxylic acid groups (broad SMARTS) is 1. The lowest BCUT2D eigenvalue weighted by Gasteiger charge is -2.27. The maximum atomic E-state index is 11.1. The Labute approximate surface area is 93.8 Å². The number of hydrogen-bond donors (Lipinski definition) is 1. The van der Waals surface area contributed by atoms with Crippen LogP contribution in [0, 0.1) is 0 Å². The van der Waals surface area contributed by atoms with Crippen LogP contribution >= 0.6 is 0 Å². The number of rotatable bonds is 3. The van der Waals surface area contributed by atoms with Crippen molar-refractivity contribution in [2.24, 2.45) is 0 Å². The van der Waals surface area contributed by atoms with Crippen LogP contribution in [0.5, 0.6) is 0 Å². The zero-order valence-electron chi connectivity index (χ0n) is 9.10. The fraction of sp³-hybridized carbons (Fsp3) is 0.417. The van der Waals surface area contributed by atoms with E-state index in [1.54, 1.807) is 24.3 Å². The van der Waals surface area contributed by atoms with Gasteiger partial charge in [0, 0.05) is 12.0 Å². The van der Waals surface area contributed by atoms with Gasteiger partial charge in [-0.2, -0.15) is 0 Å². The van der Waals surface area contributed by atoms with E-state index in [0.29, 0.717) is 25.2 Å². The molecular weight excluding hydrogens is 208 g/mol. The van der Waals surface area contributed by atoms with Gasteiger partial charge in [-0.1, -0.05) is 25.1 Å². The van der Waals surface area contributed by atoms with Gasteiger partial charge in [0.2, 0.25) is 0 Å². The molecular formula is C12H14O4. The topological polar surface area (TPSA) is 55.8 Å². The van der Waals surface area contributed by atoms with Crippen LogP contribution in [0.15, 0.2) is 24.3 Å². The van der Waals surface area contributed by atoms with Gasteiger partial charge in [-0.15, -0.1) is 0 Å². The summed E-state index contributed by atoms with van der Waals surface area (Å²) in [4.78, 5) is 11.1. The molecule has 0 spiro atoms. The molecule has 0 bridgehead atoms. The van der Waals surface area contributed by atoms with Gasteiger partial charge in [0.25, 0.3) is 0 Å². The van der Waals surface area contributed by atoms with Crippen LogP contribution in [0.4, 0.5) is 0 Å².